The van der Waals surface area contributed by atoms with Crippen LogP contribution >= 0.6 is 23.1 Å². The molecule has 0 amide bonds. The molecule has 2 fully saturated rings. The highest BCUT2D eigenvalue weighted by molar-refractivity contribution is 7.99. The largest absolute Gasteiger partial charge is 0.304 e. The van der Waals surface area contributed by atoms with E-state index in [9.17, 15) is 0 Å². The predicted octanol–water partition coefficient (Wildman–Crippen LogP) is 4.25. The minimum absolute atomic E-state index is 0.367. The minimum Gasteiger partial charge on any atom is -0.304 e. The summed E-state index contributed by atoms with van der Waals surface area (Å²) in [5.74, 6) is 2.60. The van der Waals surface area contributed by atoms with E-state index in [0.29, 0.717) is 5.41 Å². The summed E-state index contributed by atoms with van der Waals surface area (Å²) in [6.45, 7) is 7.56. The van der Waals surface area contributed by atoms with Crippen molar-refractivity contribution in [3.8, 4) is 11.5 Å². The number of benzene rings is 1. The lowest BCUT2D eigenvalue weighted by Crippen LogP contribution is -2.27. The second-order valence-electron chi connectivity index (χ2n) is 9.32. The molecular weight excluding hydrogens is 450 g/mol. The smallest absolute Gasteiger partial charge is 0.191 e. The van der Waals surface area contributed by atoms with Crippen LogP contribution in [-0.4, -0.2) is 60.0 Å². The molecule has 0 radical (unpaired) electrons. The van der Waals surface area contributed by atoms with Gasteiger partial charge >= 0.3 is 0 Å². The summed E-state index contributed by atoms with van der Waals surface area (Å²) in [7, 11) is 2.00. The van der Waals surface area contributed by atoms with Crippen LogP contribution in [0.25, 0.3) is 21.7 Å². The van der Waals surface area contributed by atoms with Crippen molar-refractivity contribution in [1.29, 1.82) is 0 Å². The van der Waals surface area contributed by atoms with E-state index in [4.69, 9.17) is 4.98 Å². The summed E-state index contributed by atoms with van der Waals surface area (Å²) in [5, 5.41) is 10.8. The van der Waals surface area contributed by atoms with Crippen LogP contribution in [0.1, 0.15) is 29.1 Å². The number of fused-ring (bicyclic) bond motifs is 2. The second kappa shape index (κ2) is 8.14. The first-order valence-electron chi connectivity index (χ1n) is 11.4. The molecule has 0 spiro atoms. The van der Waals surface area contributed by atoms with Crippen LogP contribution in [0.15, 0.2) is 35.7 Å². The minimum atomic E-state index is 0.367. The molecule has 33 heavy (non-hydrogen) atoms. The van der Waals surface area contributed by atoms with Crippen molar-refractivity contribution in [3.63, 3.8) is 0 Å². The van der Waals surface area contributed by atoms with E-state index >= 15 is 0 Å². The SMILES string of the molecule is Cc1cnc(-c2nnc(SCCCN3CC4CC4(c4ccc5sc(C)nc5c4)C3)n2C)cn1. The topological polar surface area (TPSA) is 72.6 Å². The first-order valence-corrected chi connectivity index (χ1v) is 13.2. The third-order valence-electron chi connectivity index (χ3n) is 6.98. The molecule has 7 nitrogen and oxygen atoms in total. The Labute approximate surface area is 201 Å². The van der Waals surface area contributed by atoms with Crippen molar-refractivity contribution >= 4 is 33.3 Å². The zero-order valence-electron chi connectivity index (χ0n) is 19.2. The van der Waals surface area contributed by atoms with Gasteiger partial charge in [0.05, 0.1) is 27.1 Å². The predicted molar refractivity (Wildman–Crippen MR) is 133 cm³/mol. The highest BCUT2D eigenvalue weighted by Crippen LogP contribution is 2.59. The van der Waals surface area contributed by atoms with E-state index in [0.717, 1.165) is 52.0 Å². The van der Waals surface area contributed by atoms with E-state index in [1.807, 2.05) is 18.5 Å². The summed E-state index contributed by atoms with van der Waals surface area (Å²) >= 11 is 3.56. The Bertz CT molecular complexity index is 1310. The van der Waals surface area contributed by atoms with Crippen molar-refractivity contribution in [2.24, 2.45) is 13.0 Å². The average molecular weight is 478 g/mol. The number of aryl methyl sites for hydroxylation is 2. The molecule has 6 rings (SSSR count). The van der Waals surface area contributed by atoms with Crippen molar-refractivity contribution in [1.82, 2.24) is 34.6 Å². The lowest BCUT2D eigenvalue weighted by atomic mass is 9.95. The molecule has 1 aliphatic carbocycles. The summed E-state index contributed by atoms with van der Waals surface area (Å²) in [6.07, 6.45) is 6.00. The Morgan fingerprint density at radius 1 is 1.18 bits per heavy atom. The van der Waals surface area contributed by atoms with Crippen LogP contribution in [0.2, 0.25) is 0 Å². The molecule has 2 unspecified atom stereocenters. The van der Waals surface area contributed by atoms with Crippen LogP contribution in [-0.2, 0) is 12.5 Å². The van der Waals surface area contributed by atoms with Crippen LogP contribution in [0.5, 0.6) is 0 Å². The molecule has 1 saturated carbocycles. The molecule has 1 saturated heterocycles. The molecule has 1 aromatic carbocycles. The fraction of sp³-hybridized carbons (Fsp3) is 0.458. The maximum atomic E-state index is 4.72. The highest BCUT2D eigenvalue weighted by Gasteiger charge is 2.60. The second-order valence-corrected chi connectivity index (χ2v) is 11.6. The maximum absolute atomic E-state index is 4.72. The fourth-order valence-corrected chi connectivity index (χ4v) is 6.82. The van der Waals surface area contributed by atoms with Gasteiger partial charge < -0.3 is 9.47 Å². The van der Waals surface area contributed by atoms with Gasteiger partial charge in [0.15, 0.2) is 11.0 Å². The van der Waals surface area contributed by atoms with E-state index in [1.54, 1.807) is 35.5 Å². The number of thiazole rings is 1. The lowest BCUT2D eigenvalue weighted by Gasteiger charge is -2.21. The standard InChI is InChI=1S/C24H27N7S2/c1-15-11-26-20(12-25-15)22-28-29-23(30(22)3)32-8-4-7-31-13-18-10-24(18,14-31)17-5-6-21-19(9-17)27-16(2)33-21/h5-6,9,11-12,18H,4,7-8,10,13-14H2,1-3H3. The van der Waals surface area contributed by atoms with Crippen LogP contribution < -0.4 is 0 Å². The zero-order valence-corrected chi connectivity index (χ0v) is 20.8. The quantitative estimate of drug-likeness (QED) is 0.291. The van der Waals surface area contributed by atoms with E-state index < -0.39 is 0 Å². The third kappa shape index (κ3) is 3.86. The molecule has 1 aliphatic heterocycles. The van der Waals surface area contributed by atoms with Gasteiger partial charge in [-0.25, -0.2) is 9.97 Å². The number of aromatic nitrogens is 6. The number of rotatable bonds is 7. The first kappa shape index (κ1) is 21.2. The molecule has 9 heteroatoms. The number of thioether (sulfide) groups is 1. The zero-order chi connectivity index (χ0) is 22.6. The van der Waals surface area contributed by atoms with E-state index in [2.05, 4.69) is 50.2 Å². The Morgan fingerprint density at radius 2 is 2.09 bits per heavy atom. The molecule has 0 N–H and O–H groups in total. The van der Waals surface area contributed by atoms with Crippen molar-refractivity contribution in [2.45, 2.75) is 37.3 Å². The van der Waals surface area contributed by atoms with Gasteiger partial charge in [0.25, 0.3) is 0 Å². The number of hydrogen-bond acceptors (Lipinski definition) is 8. The van der Waals surface area contributed by atoms with E-state index in [1.165, 1.54) is 35.3 Å². The van der Waals surface area contributed by atoms with Crippen molar-refractivity contribution in [2.75, 3.05) is 25.4 Å². The van der Waals surface area contributed by atoms with Gasteiger partial charge in [0.1, 0.15) is 5.69 Å². The molecule has 2 aliphatic rings. The molecule has 170 valence electrons. The Hall–Kier alpha value is -2.36. The summed E-state index contributed by atoms with van der Waals surface area (Å²) in [6, 6.07) is 6.97. The molecular formula is C24H27N7S2. The Morgan fingerprint density at radius 3 is 2.94 bits per heavy atom. The number of piperidine rings is 1. The molecule has 4 heterocycles. The van der Waals surface area contributed by atoms with Gasteiger partial charge in [0, 0.05) is 37.5 Å². The van der Waals surface area contributed by atoms with Gasteiger partial charge in [-0.3, -0.25) is 4.98 Å². The maximum Gasteiger partial charge on any atom is 0.191 e. The normalized spacial score (nSPS) is 22.2. The monoisotopic (exact) mass is 477 g/mol. The third-order valence-corrected chi connectivity index (χ3v) is 9.04. The molecule has 2 atom stereocenters. The van der Waals surface area contributed by atoms with Crippen LogP contribution in [0, 0.1) is 19.8 Å². The average Bonchev–Trinajstić information content (AvgIpc) is 3.08. The lowest BCUT2D eigenvalue weighted by molar-refractivity contribution is 0.299. The molecule has 0 bridgehead atoms. The number of nitrogens with zero attached hydrogens (tertiary/aromatic N) is 7. The molecule has 4 aromatic rings. The van der Waals surface area contributed by atoms with Crippen molar-refractivity contribution < 1.29 is 0 Å². The Kier molecular flexibility index (Phi) is 5.23. The van der Waals surface area contributed by atoms with Gasteiger partial charge in [-0.1, -0.05) is 17.8 Å². The van der Waals surface area contributed by atoms with Crippen LogP contribution in [0.3, 0.4) is 0 Å². The molecule has 3 aromatic heterocycles. The highest BCUT2D eigenvalue weighted by atomic mass is 32.2. The van der Waals surface area contributed by atoms with Gasteiger partial charge in [-0.15, -0.1) is 21.5 Å². The summed E-state index contributed by atoms with van der Waals surface area (Å²) in [5.41, 5.74) is 4.69. The van der Waals surface area contributed by atoms with Gasteiger partial charge in [-0.05, 0) is 56.8 Å². The fourth-order valence-electron chi connectivity index (χ4n) is 5.18. The number of likely N-dealkylation sites (tertiary alicyclic amines) is 1. The van der Waals surface area contributed by atoms with Crippen molar-refractivity contribution in [3.05, 3.63) is 46.9 Å². The summed E-state index contributed by atoms with van der Waals surface area (Å²) < 4.78 is 3.32. The van der Waals surface area contributed by atoms with E-state index in [-0.39, 0.29) is 0 Å². The summed E-state index contributed by atoms with van der Waals surface area (Å²) in [4.78, 5) is 16.1. The number of hydrogen-bond donors (Lipinski definition) is 0. The Balaban J connectivity index is 1.03. The van der Waals surface area contributed by atoms with Crippen LogP contribution in [0.4, 0.5) is 0 Å². The first-order chi connectivity index (χ1) is 16.0. The van der Waals surface area contributed by atoms with Gasteiger partial charge in [0.2, 0.25) is 0 Å². The van der Waals surface area contributed by atoms with Gasteiger partial charge in [-0.2, -0.15) is 0 Å².